The number of carbonyl (C=O) groups excluding carboxylic acids is 1. The quantitative estimate of drug-likeness (QED) is 0.693. The van der Waals surface area contributed by atoms with Gasteiger partial charge >= 0.3 is 0 Å². The molecule has 4 rings (SSSR count). The number of nitrogens with zero attached hydrogens (tertiary/aromatic N) is 2. The van der Waals surface area contributed by atoms with Crippen molar-refractivity contribution >= 4 is 12.0 Å². The molecular weight excluding hydrogens is 354 g/mol. The van der Waals surface area contributed by atoms with E-state index in [9.17, 15) is 4.79 Å². The van der Waals surface area contributed by atoms with E-state index in [4.69, 9.17) is 9.47 Å². The zero-order valence-electron chi connectivity index (χ0n) is 15.5. The lowest BCUT2D eigenvalue weighted by Gasteiger charge is -2.20. The summed E-state index contributed by atoms with van der Waals surface area (Å²) in [4.78, 5) is 12.3. The van der Waals surface area contributed by atoms with Crippen LogP contribution >= 0.6 is 0 Å². The van der Waals surface area contributed by atoms with Crippen LogP contribution in [0.1, 0.15) is 24.1 Å². The summed E-state index contributed by atoms with van der Waals surface area (Å²) >= 11 is 0. The molecule has 142 valence electrons. The van der Waals surface area contributed by atoms with Crippen molar-refractivity contribution in [1.82, 2.24) is 15.1 Å². The lowest BCUT2D eigenvalue weighted by atomic mass is 10.1. The minimum absolute atomic E-state index is 0.153. The fraction of sp³-hybridized carbons (Fsp3) is 0.182. The first kappa shape index (κ1) is 17.9. The number of rotatable bonds is 5. The Morgan fingerprint density at radius 2 is 1.93 bits per heavy atom. The normalized spacial score (nSPS) is 14.0. The van der Waals surface area contributed by atoms with E-state index in [1.165, 1.54) is 6.08 Å². The number of para-hydroxylation sites is 1. The van der Waals surface area contributed by atoms with Gasteiger partial charge in [-0.15, -0.1) is 0 Å². The molecule has 1 aliphatic heterocycles. The molecule has 0 radical (unpaired) electrons. The van der Waals surface area contributed by atoms with Gasteiger partial charge in [-0.25, -0.2) is 4.68 Å². The molecule has 1 aliphatic rings. The second kappa shape index (κ2) is 8.00. The predicted octanol–water partition coefficient (Wildman–Crippen LogP) is 3.53. The van der Waals surface area contributed by atoms with Gasteiger partial charge in [-0.1, -0.05) is 24.3 Å². The van der Waals surface area contributed by atoms with Crippen LogP contribution in [0.3, 0.4) is 0 Å². The Morgan fingerprint density at radius 3 is 2.75 bits per heavy atom. The number of hydrogen-bond donors (Lipinski definition) is 1. The third-order valence-corrected chi connectivity index (χ3v) is 4.48. The van der Waals surface area contributed by atoms with E-state index in [2.05, 4.69) is 10.4 Å². The summed E-state index contributed by atoms with van der Waals surface area (Å²) in [6.07, 6.45) is 6.86. The van der Waals surface area contributed by atoms with Gasteiger partial charge in [0.1, 0.15) is 13.2 Å². The molecule has 1 aromatic heterocycles. The number of aromatic nitrogens is 2. The van der Waals surface area contributed by atoms with Gasteiger partial charge in [0.2, 0.25) is 5.91 Å². The second-order valence-electron chi connectivity index (χ2n) is 6.52. The first-order valence-electron chi connectivity index (χ1n) is 9.17. The number of carbonyl (C=O) groups is 1. The first-order chi connectivity index (χ1) is 13.7. The molecule has 1 atom stereocenters. The van der Waals surface area contributed by atoms with Crippen molar-refractivity contribution in [3.8, 4) is 17.2 Å². The molecule has 2 aromatic carbocycles. The summed E-state index contributed by atoms with van der Waals surface area (Å²) in [5.41, 5.74) is 2.78. The van der Waals surface area contributed by atoms with Crippen molar-refractivity contribution in [2.45, 2.75) is 13.0 Å². The molecular formula is C22H21N3O3. The molecule has 1 N–H and O–H groups in total. The van der Waals surface area contributed by atoms with Gasteiger partial charge in [-0.05, 0) is 42.8 Å². The Balaban J connectivity index is 1.38. The van der Waals surface area contributed by atoms with Crippen molar-refractivity contribution in [3.05, 3.63) is 78.1 Å². The predicted molar refractivity (Wildman–Crippen MR) is 107 cm³/mol. The summed E-state index contributed by atoms with van der Waals surface area (Å²) in [5.74, 6) is 1.28. The van der Waals surface area contributed by atoms with E-state index >= 15 is 0 Å². The fourth-order valence-electron chi connectivity index (χ4n) is 2.99. The summed E-state index contributed by atoms with van der Waals surface area (Å²) in [7, 11) is 0. The number of amides is 1. The maximum Gasteiger partial charge on any atom is 0.244 e. The monoisotopic (exact) mass is 375 g/mol. The summed E-state index contributed by atoms with van der Waals surface area (Å²) in [6, 6.07) is 15.4. The number of fused-ring (bicyclic) bond motifs is 1. The SMILES string of the molecule is CC(NC(=O)/C=C/c1cnn(-c2ccccc2)c1)c1ccc2c(c1)OCCO2. The zero-order valence-corrected chi connectivity index (χ0v) is 15.5. The van der Waals surface area contributed by atoms with Crippen molar-refractivity contribution in [2.24, 2.45) is 0 Å². The van der Waals surface area contributed by atoms with Crippen LogP contribution in [0.5, 0.6) is 11.5 Å². The van der Waals surface area contributed by atoms with Gasteiger partial charge < -0.3 is 14.8 Å². The van der Waals surface area contributed by atoms with Crippen LogP contribution in [0.2, 0.25) is 0 Å². The third kappa shape index (κ3) is 4.06. The van der Waals surface area contributed by atoms with Crippen LogP contribution in [0, 0.1) is 0 Å². The van der Waals surface area contributed by atoms with Gasteiger partial charge in [0.25, 0.3) is 0 Å². The number of hydrogen-bond acceptors (Lipinski definition) is 4. The highest BCUT2D eigenvalue weighted by molar-refractivity contribution is 5.91. The van der Waals surface area contributed by atoms with Crippen LogP contribution in [0.15, 0.2) is 67.0 Å². The van der Waals surface area contributed by atoms with Gasteiger partial charge in [0.05, 0.1) is 17.9 Å². The van der Waals surface area contributed by atoms with Gasteiger partial charge in [-0.2, -0.15) is 5.10 Å². The topological polar surface area (TPSA) is 65.4 Å². The lowest BCUT2D eigenvalue weighted by molar-refractivity contribution is -0.117. The van der Waals surface area contributed by atoms with E-state index in [0.717, 1.165) is 22.6 Å². The van der Waals surface area contributed by atoms with E-state index in [1.807, 2.05) is 61.7 Å². The Morgan fingerprint density at radius 1 is 1.14 bits per heavy atom. The Kier molecular flexibility index (Phi) is 5.10. The van der Waals surface area contributed by atoms with Crippen molar-refractivity contribution < 1.29 is 14.3 Å². The van der Waals surface area contributed by atoms with Crippen LogP contribution in [-0.4, -0.2) is 28.9 Å². The van der Waals surface area contributed by atoms with Gasteiger partial charge in [-0.3, -0.25) is 4.79 Å². The fourth-order valence-corrected chi connectivity index (χ4v) is 2.99. The molecule has 28 heavy (non-hydrogen) atoms. The Labute approximate surface area is 163 Å². The second-order valence-corrected chi connectivity index (χ2v) is 6.52. The van der Waals surface area contributed by atoms with Crippen LogP contribution in [-0.2, 0) is 4.79 Å². The Bertz CT molecular complexity index is 995. The molecule has 3 aromatic rings. The molecule has 0 bridgehead atoms. The van der Waals surface area contributed by atoms with Crippen LogP contribution in [0.4, 0.5) is 0 Å². The molecule has 1 amide bonds. The average molecular weight is 375 g/mol. The van der Waals surface area contributed by atoms with Crippen molar-refractivity contribution in [1.29, 1.82) is 0 Å². The number of nitrogens with one attached hydrogen (secondary N) is 1. The average Bonchev–Trinajstić information content (AvgIpc) is 3.22. The number of ether oxygens (including phenoxy) is 2. The summed E-state index contributed by atoms with van der Waals surface area (Å²) in [5, 5.41) is 7.28. The maximum atomic E-state index is 12.3. The zero-order chi connectivity index (χ0) is 19.3. The molecule has 1 unspecified atom stereocenters. The summed E-state index contributed by atoms with van der Waals surface area (Å²) < 4.78 is 12.9. The van der Waals surface area contributed by atoms with Gasteiger partial charge in [0.15, 0.2) is 11.5 Å². The molecule has 0 saturated carbocycles. The van der Waals surface area contributed by atoms with E-state index in [0.29, 0.717) is 19.0 Å². The van der Waals surface area contributed by atoms with E-state index in [1.54, 1.807) is 17.0 Å². The molecule has 0 spiro atoms. The third-order valence-electron chi connectivity index (χ3n) is 4.48. The van der Waals surface area contributed by atoms with Gasteiger partial charge in [0, 0.05) is 17.8 Å². The Hall–Kier alpha value is -3.54. The van der Waals surface area contributed by atoms with Crippen LogP contribution < -0.4 is 14.8 Å². The highest BCUT2D eigenvalue weighted by Crippen LogP contribution is 2.32. The molecule has 0 saturated heterocycles. The lowest BCUT2D eigenvalue weighted by Crippen LogP contribution is -2.25. The van der Waals surface area contributed by atoms with Crippen molar-refractivity contribution in [3.63, 3.8) is 0 Å². The summed E-state index contributed by atoms with van der Waals surface area (Å²) in [6.45, 7) is 3.03. The standard InChI is InChI=1S/C22H21N3O3/c1-16(18-8-9-20-21(13-18)28-12-11-27-20)24-22(26)10-7-17-14-23-25(15-17)19-5-3-2-4-6-19/h2-10,13-16H,11-12H2,1H3,(H,24,26)/b10-7+. The smallest absolute Gasteiger partial charge is 0.244 e. The van der Waals surface area contributed by atoms with E-state index < -0.39 is 0 Å². The van der Waals surface area contributed by atoms with Crippen LogP contribution in [0.25, 0.3) is 11.8 Å². The molecule has 0 aliphatic carbocycles. The minimum Gasteiger partial charge on any atom is -0.486 e. The molecule has 6 nitrogen and oxygen atoms in total. The first-order valence-corrected chi connectivity index (χ1v) is 9.17. The molecule has 2 heterocycles. The van der Waals surface area contributed by atoms with Crippen molar-refractivity contribution in [2.75, 3.05) is 13.2 Å². The molecule has 0 fully saturated rings. The van der Waals surface area contributed by atoms with E-state index in [-0.39, 0.29) is 11.9 Å². The molecule has 6 heteroatoms. The largest absolute Gasteiger partial charge is 0.486 e. The number of benzene rings is 2. The maximum absolute atomic E-state index is 12.3. The highest BCUT2D eigenvalue weighted by atomic mass is 16.6. The highest BCUT2D eigenvalue weighted by Gasteiger charge is 2.15. The minimum atomic E-state index is -0.171.